The Morgan fingerprint density at radius 2 is 1.67 bits per heavy atom. The van der Waals surface area contributed by atoms with Crippen LogP contribution in [0.15, 0.2) is 87.9 Å². The van der Waals surface area contributed by atoms with Crippen molar-refractivity contribution in [3.05, 3.63) is 99.8 Å². The van der Waals surface area contributed by atoms with Crippen molar-refractivity contribution >= 4 is 49.1 Å². The number of para-hydroxylation sites is 2. The van der Waals surface area contributed by atoms with Crippen LogP contribution in [-0.4, -0.2) is 24.1 Å². The first-order chi connectivity index (χ1) is 17.3. The Kier molecular flexibility index (Phi) is 6.72. The Morgan fingerprint density at radius 1 is 0.972 bits per heavy atom. The molecule has 3 aromatic carbocycles. The van der Waals surface area contributed by atoms with Crippen molar-refractivity contribution in [3.63, 3.8) is 0 Å². The van der Waals surface area contributed by atoms with E-state index >= 15 is 0 Å². The van der Waals surface area contributed by atoms with E-state index in [1.165, 1.54) is 15.6 Å². The summed E-state index contributed by atoms with van der Waals surface area (Å²) in [6.07, 6.45) is 0.438. The third-order valence-corrected chi connectivity index (χ3v) is 8.69. The van der Waals surface area contributed by atoms with Crippen LogP contribution in [0.5, 0.6) is 0 Å². The highest BCUT2D eigenvalue weighted by molar-refractivity contribution is 8.23. The van der Waals surface area contributed by atoms with Gasteiger partial charge in [0.05, 0.1) is 22.5 Å². The maximum Gasteiger partial charge on any atom is 0.329 e. The lowest BCUT2D eigenvalue weighted by atomic mass is 10.1. The summed E-state index contributed by atoms with van der Waals surface area (Å²) >= 11 is 1.68. The summed E-state index contributed by atoms with van der Waals surface area (Å²) in [7, 11) is -3.42. The normalized spacial score (nSPS) is 12.3. The van der Waals surface area contributed by atoms with Gasteiger partial charge in [0.25, 0.3) is 0 Å². The average Bonchev–Trinajstić information content (AvgIpc) is 3.40. The van der Waals surface area contributed by atoms with Crippen LogP contribution in [0.25, 0.3) is 21.1 Å². The number of imidazole rings is 1. The van der Waals surface area contributed by atoms with Crippen LogP contribution in [0.4, 0.5) is 0 Å². The van der Waals surface area contributed by atoms with E-state index in [2.05, 4.69) is 29.2 Å². The number of nitrogens with zero attached hydrogens (tertiary/aromatic N) is 2. The number of thiophene rings is 1. The molecule has 0 bridgehead atoms. The summed E-state index contributed by atoms with van der Waals surface area (Å²) < 4.78 is 27.7. The Morgan fingerprint density at radius 3 is 2.42 bits per heavy atom. The number of hydrogen-bond acceptors (Lipinski definition) is 5. The van der Waals surface area contributed by atoms with Crippen molar-refractivity contribution in [1.82, 2.24) is 13.9 Å². The number of amides is 1. The maximum absolute atomic E-state index is 13.5. The predicted molar refractivity (Wildman–Crippen MR) is 149 cm³/mol. The first kappa shape index (κ1) is 24.3. The largest absolute Gasteiger partial charge is 0.329 e. The molecule has 0 saturated carbocycles. The van der Waals surface area contributed by atoms with Gasteiger partial charge in [0, 0.05) is 24.5 Å². The van der Waals surface area contributed by atoms with Crippen molar-refractivity contribution in [3.8, 4) is 0 Å². The number of benzene rings is 3. The van der Waals surface area contributed by atoms with Crippen LogP contribution in [0.1, 0.15) is 25.4 Å². The molecule has 0 aliphatic rings. The molecule has 0 aliphatic heterocycles. The smallest absolute Gasteiger partial charge is 0.292 e. The molecule has 5 rings (SSSR count). The Bertz CT molecular complexity index is 1610. The Balaban J connectivity index is 0.00000320. The second kappa shape index (κ2) is 9.94. The van der Waals surface area contributed by atoms with Gasteiger partial charge < -0.3 is 0 Å². The highest BCUT2D eigenvalue weighted by Gasteiger charge is 2.19. The molecule has 0 saturated heterocycles. The van der Waals surface area contributed by atoms with Gasteiger partial charge in [-0.1, -0.05) is 53.2 Å². The molecule has 188 valence electrons. The minimum Gasteiger partial charge on any atom is -0.292 e. The Labute approximate surface area is 215 Å². The van der Waals surface area contributed by atoms with E-state index < -0.39 is 16.7 Å². The average molecular weight is 524 g/mol. The van der Waals surface area contributed by atoms with Crippen molar-refractivity contribution in [2.75, 3.05) is 0 Å². The van der Waals surface area contributed by atoms with Gasteiger partial charge in [0.2, 0.25) is 5.91 Å². The van der Waals surface area contributed by atoms with Gasteiger partial charge in [-0.2, -0.15) is 0 Å². The van der Waals surface area contributed by atoms with E-state index in [-0.39, 0.29) is 18.4 Å². The molecule has 9 heteroatoms. The molecule has 0 radical (unpaired) electrons. The zero-order valence-corrected chi connectivity index (χ0v) is 21.4. The van der Waals surface area contributed by atoms with Gasteiger partial charge >= 0.3 is 5.69 Å². The van der Waals surface area contributed by atoms with Crippen LogP contribution in [0, 0.1) is 6.92 Å². The third-order valence-electron chi connectivity index (χ3n) is 6.25. The monoisotopic (exact) mass is 523 g/mol. The van der Waals surface area contributed by atoms with Crippen LogP contribution in [0.3, 0.4) is 0 Å². The van der Waals surface area contributed by atoms with Gasteiger partial charge in [-0.05, 0) is 60.2 Å². The standard InChI is InChI=1S/C27H27N3O4S2.H2/c1-19-9-7-14-24-26(19)20(18-35-24)17-30-23-13-6-5-12-22(23)29(27(30)32)16-8-15-25(31)28-36(33,34)21-10-3-2-4-11-21;/h2-7,9-14,18,33-34H,8,15-17H2,1H3,(H,28,31);1H. The highest BCUT2D eigenvalue weighted by atomic mass is 32.3. The van der Waals surface area contributed by atoms with E-state index in [1.54, 1.807) is 50.8 Å². The second-order valence-corrected chi connectivity index (χ2v) is 11.4. The van der Waals surface area contributed by atoms with E-state index in [0.717, 1.165) is 16.6 Å². The quantitative estimate of drug-likeness (QED) is 0.224. The number of rotatable bonds is 8. The lowest BCUT2D eigenvalue weighted by Gasteiger charge is -2.32. The molecular weight excluding hydrogens is 494 g/mol. The molecule has 0 unspecified atom stereocenters. The summed E-state index contributed by atoms with van der Waals surface area (Å²) in [4.78, 5) is 26.2. The number of carbonyl (C=O) groups is 1. The van der Waals surface area contributed by atoms with Crippen molar-refractivity contribution in [1.29, 1.82) is 0 Å². The van der Waals surface area contributed by atoms with E-state index in [0.29, 0.717) is 19.5 Å². The van der Waals surface area contributed by atoms with Crippen LogP contribution >= 0.6 is 22.1 Å². The first-order valence-electron chi connectivity index (χ1n) is 11.6. The highest BCUT2D eigenvalue weighted by Crippen LogP contribution is 2.43. The van der Waals surface area contributed by atoms with Crippen LogP contribution < -0.4 is 10.4 Å². The molecule has 0 fully saturated rings. The molecule has 0 aliphatic carbocycles. The van der Waals surface area contributed by atoms with Gasteiger partial charge in [0.15, 0.2) is 0 Å². The van der Waals surface area contributed by atoms with Gasteiger partial charge in [0.1, 0.15) is 0 Å². The van der Waals surface area contributed by atoms with Crippen LogP contribution in [-0.2, 0) is 17.9 Å². The van der Waals surface area contributed by atoms with Crippen LogP contribution in [0.2, 0.25) is 0 Å². The summed E-state index contributed by atoms with van der Waals surface area (Å²) in [5, 5.41) is 3.31. The zero-order chi connectivity index (χ0) is 25.3. The SMILES string of the molecule is Cc1cccc2scc(Cn3c(=O)n(CCCC(=O)NS(O)(O)c4ccccc4)c4ccccc43)c12.[HH]. The van der Waals surface area contributed by atoms with Gasteiger partial charge in [-0.25, -0.2) is 9.52 Å². The topological polar surface area (TPSA) is 96.5 Å². The molecule has 2 heterocycles. The summed E-state index contributed by atoms with van der Waals surface area (Å²) in [5.41, 5.74) is 3.83. The molecule has 0 spiro atoms. The molecule has 3 N–H and O–H groups in total. The minimum atomic E-state index is -3.42. The van der Waals surface area contributed by atoms with E-state index in [4.69, 9.17) is 0 Å². The molecule has 7 nitrogen and oxygen atoms in total. The number of carbonyl (C=O) groups excluding carboxylic acids is 1. The van der Waals surface area contributed by atoms with E-state index in [1.807, 2.05) is 30.3 Å². The molecule has 0 atom stereocenters. The van der Waals surface area contributed by atoms with Gasteiger partial charge in [-0.15, -0.1) is 11.3 Å². The number of hydrogen-bond donors (Lipinski definition) is 3. The second-order valence-electron chi connectivity index (χ2n) is 8.71. The number of fused-ring (bicyclic) bond motifs is 2. The van der Waals surface area contributed by atoms with Crippen molar-refractivity contribution in [2.45, 2.75) is 37.8 Å². The third kappa shape index (κ3) is 4.70. The lowest BCUT2D eigenvalue weighted by Crippen LogP contribution is -2.28. The first-order valence-corrected chi connectivity index (χ1v) is 14.1. The lowest BCUT2D eigenvalue weighted by molar-refractivity contribution is -0.119. The fourth-order valence-electron chi connectivity index (χ4n) is 4.55. The van der Waals surface area contributed by atoms with Crippen molar-refractivity contribution < 1.29 is 15.3 Å². The fraction of sp³-hybridized carbons (Fsp3) is 0.185. The molecular formula is C27H29N3O4S2. The Hall–Kier alpha value is -3.37. The predicted octanol–water partition coefficient (Wildman–Crippen LogP) is 6.24. The number of nitrogens with one attached hydrogen (secondary N) is 1. The van der Waals surface area contributed by atoms with Crippen molar-refractivity contribution in [2.24, 2.45) is 0 Å². The number of aromatic nitrogens is 2. The molecule has 2 aromatic heterocycles. The number of aryl methyl sites for hydroxylation is 2. The summed E-state index contributed by atoms with van der Waals surface area (Å²) in [5.74, 6) is -0.476. The fourth-order valence-corrected chi connectivity index (χ4v) is 6.65. The minimum absolute atomic E-state index is 0. The zero-order valence-electron chi connectivity index (χ0n) is 19.8. The molecule has 1 amide bonds. The molecule has 5 aromatic rings. The maximum atomic E-state index is 13.5. The van der Waals surface area contributed by atoms with Gasteiger partial charge in [-0.3, -0.25) is 23.0 Å². The van der Waals surface area contributed by atoms with E-state index in [9.17, 15) is 18.7 Å². The molecule has 36 heavy (non-hydrogen) atoms. The summed E-state index contributed by atoms with van der Waals surface area (Å²) in [6, 6.07) is 22.1. The summed E-state index contributed by atoms with van der Waals surface area (Å²) in [6.45, 7) is 2.89.